The smallest absolute Gasteiger partial charge is 0.341 e. The maximum atomic E-state index is 11.4. The minimum absolute atomic E-state index is 0.0488. The van der Waals surface area contributed by atoms with Gasteiger partial charge in [0.25, 0.3) is 0 Å². The summed E-state index contributed by atoms with van der Waals surface area (Å²) >= 11 is 2.20. The Morgan fingerprint density at radius 3 is 2.56 bits per heavy atom. The normalized spacial score (nSPS) is 9.94. The van der Waals surface area contributed by atoms with Crippen LogP contribution in [0.5, 0.6) is 0 Å². The maximum Gasteiger partial charge on any atom is 0.341 e. The van der Waals surface area contributed by atoms with E-state index < -0.39 is 5.97 Å². The van der Waals surface area contributed by atoms with E-state index in [9.17, 15) is 9.59 Å². The van der Waals surface area contributed by atoms with Crippen molar-refractivity contribution in [1.29, 1.82) is 0 Å². The average molecular weight is 261 g/mol. The Balaban J connectivity index is 3.01. The first-order valence-corrected chi connectivity index (χ1v) is 6.22. The minimum atomic E-state index is -1.09. The number of thioether (sulfide) groups is 1. The van der Waals surface area contributed by atoms with E-state index in [4.69, 9.17) is 5.11 Å². The van der Waals surface area contributed by atoms with Crippen LogP contribution in [0.15, 0.2) is 5.03 Å². The monoisotopic (exact) mass is 261 g/mol. The van der Waals surface area contributed by atoms with Crippen LogP contribution in [0.3, 0.4) is 0 Å². The molecule has 2 N–H and O–H groups in total. The first-order valence-electron chi connectivity index (χ1n) is 4.22. The Morgan fingerprint density at radius 1 is 1.50 bits per heavy atom. The summed E-state index contributed by atoms with van der Waals surface area (Å²) in [5.41, 5.74) is 0.0488. The molecule has 6 nitrogen and oxygen atoms in total. The van der Waals surface area contributed by atoms with Gasteiger partial charge in [-0.1, -0.05) is 0 Å². The number of urea groups is 1. The maximum absolute atomic E-state index is 11.4. The zero-order chi connectivity index (χ0) is 12.3. The van der Waals surface area contributed by atoms with Gasteiger partial charge in [-0.15, -0.1) is 11.8 Å². The highest BCUT2D eigenvalue weighted by atomic mass is 32.2. The third-order valence-corrected chi connectivity index (χ3v) is 3.25. The van der Waals surface area contributed by atoms with Gasteiger partial charge in [0, 0.05) is 14.1 Å². The third-order valence-electron chi connectivity index (χ3n) is 1.69. The molecule has 0 bridgehead atoms. The summed E-state index contributed by atoms with van der Waals surface area (Å²) in [5.74, 6) is -1.09. The summed E-state index contributed by atoms with van der Waals surface area (Å²) in [6, 6.07) is -0.376. The number of amides is 2. The molecule has 0 aliphatic carbocycles. The molecule has 16 heavy (non-hydrogen) atoms. The number of hydrogen-bond donors (Lipinski definition) is 2. The fraction of sp³-hybridized carbons (Fsp3) is 0.375. The van der Waals surface area contributed by atoms with Gasteiger partial charge in [0.1, 0.15) is 15.6 Å². The first-order chi connectivity index (χ1) is 7.47. The molecule has 0 aliphatic rings. The van der Waals surface area contributed by atoms with Crippen molar-refractivity contribution >= 4 is 40.3 Å². The quantitative estimate of drug-likeness (QED) is 0.808. The van der Waals surface area contributed by atoms with E-state index in [0.717, 1.165) is 11.5 Å². The van der Waals surface area contributed by atoms with Crippen molar-refractivity contribution in [2.24, 2.45) is 0 Å². The zero-order valence-corrected chi connectivity index (χ0v) is 10.6. The lowest BCUT2D eigenvalue weighted by atomic mass is 10.3. The van der Waals surface area contributed by atoms with E-state index in [-0.39, 0.29) is 16.6 Å². The van der Waals surface area contributed by atoms with Crippen molar-refractivity contribution in [3.05, 3.63) is 5.56 Å². The summed E-state index contributed by atoms with van der Waals surface area (Å²) in [4.78, 5) is 23.7. The largest absolute Gasteiger partial charge is 0.477 e. The fourth-order valence-corrected chi connectivity index (χ4v) is 2.44. The highest BCUT2D eigenvalue weighted by Crippen LogP contribution is 2.30. The van der Waals surface area contributed by atoms with Gasteiger partial charge >= 0.3 is 12.0 Å². The van der Waals surface area contributed by atoms with Gasteiger partial charge in [0.05, 0.1) is 0 Å². The molecule has 8 heteroatoms. The van der Waals surface area contributed by atoms with Gasteiger partial charge in [0.2, 0.25) is 0 Å². The van der Waals surface area contributed by atoms with E-state index in [0.29, 0.717) is 5.03 Å². The van der Waals surface area contributed by atoms with E-state index in [1.807, 2.05) is 0 Å². The first kappa shape index (κ1) is 12.8. The van der Waals surface area contributed by atoms with Crippen LogP contribution in [0, 0.1) is 0 Å². The second-order valence-electron chi connectivity index (χ2n) is 3.03. The number of rotatable bonds is 3. The molecule has 0 saturated carbocycles. The predicted octanol–water partition coefficient (Wildman–Crippen LogP) is 1.66. The van der Waals surface area contributed by atoms with Crippen LogP contribution >= 0.6 is 23.3 Å². The lowest BCUT2D eigenvalue weighted by molar-refractivity contribution is 0.0694. The van der Waals surface area contributed by atoms with Crippen LogP contribution < -0.4 is 5.32 Å². The highest BCUT2D eigenvalue weighted by molar-refractivity contribution is 7.98. The van der Waals surface area contributed by atoms with Gasteiger partial charge in [-0.3, -0.25) is 5.32 Å². The third kappa shape index (κ3) is 2.64. The Kier molecular flexibility index (Phi) is 4.13. The standard InChI is InChI=1S/C8H11N3O3S2/c1-11(2)8(14)9-5-4(7(12)13)6(15-3)10-16-5/h1-3H3,(H,9,14)(H,12,13). The van der Waals surface area contributed by atoms with Crippen molar-refractivity contribution in [3.8, 4) is 0 Å². The topological polar surface area (TPSA) is 82.5 Å². The van der Waals surface area contributed by atoms with Gasteiger partial charge in [-0.25, -0.2) is 9.59 Å². The van der Waals surface area contributed by atoms with Crippen LogP contribution in [-0.4, -0.2) is 46.7 Å². The number of anilines is 1. The highest BCUT2D eigenvalue weighted by Gasteiger charge is 2.21. The summed E-state index contributed by atoms with van der Waals surface area (Å²) in [6.45, 7) is 0. The number of carboxylic acid groups (broad SMARTS) is 1. The number of hydrogen-bond acceptors (Lipinski definition) is 5. The van der Waals surface area contributed by atoms with E-state index in [1.54, 1.807) is 20.4 Å². The molecule has 0 atom stereocenters. The molecule has 1 aromatic heterocycles. The van der Waals surface area contributed by atoms with E-state index in [2.05, 4.69) is 9.69 Å². The zero-order valence-electron chi connectivity index (χ0n) is 8.97. The Labute approximate surface area is 101 Å². The number of nitrogens with zero attached hydrogens (tertiary/aromatic N) is 2. The number of aromatic nitrogens is 1. The van der Waals surface area contributed by atoms with Crippen molar-refractivity contribution in [2.45, 2.75) is 5.03 Å². The van der Waals surface area contributed by atoms with Crippen LogP contribution in [-0.2, 0) is 0 Å². The molecule has 2 amide bonds. The number of carbonyl (C=O) groups is 2. The van der Waals surface area contributed by atoms with Crippen LogP contribution in [0.25, 0.3) is 0 Å². The van der Waals surface area contributed by atoms with Crippen molar-refractivity contribution in [3.63, 3.8) is 0 Å². The van der Waals surface area contributed by atoms with Gasteiger partial charge in [-0.05, 0) is 17.8 Å². The molecule has 0 fully saturated rings. The molecule has 0 spiro atoms. The molecular formula is C8H11N3O3S2. The van der Waals surface area contributed by atoms with Crippen molar-refractivity contribution < 1.29 is 14.7 Å². The Morgan fingerprint density at radius 2 is 2.12 bits per heavy atom. The number of carboxylic acids is 1. The minimum Gasteiger partial charge on any atom is -0.477 e. The lowest BCUT2D eigenvalue weighted by Crippen LogP contribution is -2.27. The molecule has 0 aromatic carbocycles. The summed E-state index contributed by atoms with van der Waals surface area (Å²) in [5, 5.41) is 12.2. The van der Waals surface area contributed by atoms with Crippen LogP contribution in [0.2, 0.25) is 0 Å². The van der Waals surface area contributed by atoms with Crippen molar-refractivity contribution in [2.75, 3.05) is 25.7 Å². The molecule has 88 valence electrons. The van der Waals surface area contributed by atoms with Gasteiger partial charge in [-0.2, -0.15) is 4.37 Å². The van der Waals surface area contributed by atoms with Crippen LogP contribution in [0.4, 0.5) is 9.80 Å². The predicted molar refractivity (Wildman–Crippen MR) is 63.6 cm³/mol. The van der Waals surface area contributed by atoms with Crippen LogP contribution in [0.1, 0.15) is 10.4 Å². The summed E-state index contributed by atoms with van der Waals surface area (Å²) < 4.78 is 3.96. The molecule has 0 unspecified atom stereocenters. The molecule has 1 rings (SSSR count). The number of nitrogens with one attached hydrogen (secondary N) is 1. The van der Waals surface area contributed by atoms with Gasteiger partial charge < -0.3 is 10.0 Å². The molecular weight excluding hydrogens is 250 g/mol. The van der Waals surface area contributed by atoms with Gasteiger partial charge in [0.15, 0.2) is 0 Å². The fourth-order valence-electron chi connectivity index (χ4n) is 0.898. The summed E-state index contributed by atoms with van der Waals surface area (Å²) in [6.07, 6.45) is 1.74. The lowest BCUT2D eigenvalue weighted by Gasteiger charge is -2.10. The second-order valence-corrected chi connectivity index (χ2v) is 4.59. The Bertz CT molecular complexity index is 417. The molecule has 0 aliphatic heterocycles. The SMILES string of the molecule is CSc1nsc(NC(=O)N(C)C)c1C(=O)O. The number of carbonyl (C=O) groups excluding carboxylic acids is 1. The summed E-state index contributed by atoms with van der Waals surface area (Å²) in [7, 11) is 3.15. The number of aromatic carboxylic acids is 1. The molecule has 1 aromatic rings. The van der Waals surface area contributed by atoms with Crippen molar-refractivity contribution in [1.82, 2.24) is 9.27 Å². The Hall–Kier alpha value is -1.28. The molecule has 0 saturated heterocycles. The van der Waals surface area contributed by atoms with E-state index >= 15 is 0 Å². The van der Waals surface area contributed by atoms with E-state index in [1.165, 1.54) is 16.7 Å². The average Bonchev–Trinajstić information content (AvgIpc) is 2.60. The second kappa shape index (κ2) is 5.17. The molecule has 1 heterocycles. The molecule has 0 radical (unpaired) electrons.